The van der Waals surface area contributed by atoms with E-state index in [1.807, 2.05) is 36.7 Å². The molecule has 170 valence electrons. The topological polar surface area (TPSA) is 115 Å². The van der Waals surface area contributed by atoms with Crippen LogP contribution in [-0.2, 0) is 13.5 Å². The molecule has 0 bridgehead atoms. The van der Waals surface area contributed by atoms with Gasteiger partial charge >= 0.3 is 0 Å². The molecule has 0 unspecified atom stereocenters. The Bertz CT molecular complexity index is 1330. The van der Waals surface area contributed by atoms with Crippen LogP contribution in [0.1, 0.15) is 34.2 Å². The zero-order valence-electron chi connectivity index (χ0n) is 18.5. The van der Waals surface area contributed by atoms with E-state index in [1.54, 1.807) is 37.4 Å². The highest BCUT2D eigenvalue weighted by molar-refractivity contribution is 7.99. The Kier molecular flexibility index (Phi) is 6.74. The summed E-state index contributed by atoms with van der Waals surface area (Å²) in [5.74, 6) is 1.88. The molecule has 2 N–H and O–H groups in total. The van der Waals surface area contributed by atoms with E-state index in [0.717, 1.165) is 5.82 Å². The molecule has 0 aliphatic carbocycles. The van der Waals surface area contributed by atoms with E-state index in [-0.39, 0.29) is 16.7 Å². The number of H-pyrrole nitrogens is 1. The summed E-state index contributed by atoms with van der Waals surface area (Å²) in [6.07, 6.45) is 0.533. The number of rotatable bonds is 8. The molecule has 0 saturated heterocycles. The van der Waals surface area contributed by atoms with Gasteiger partial charge in [-0.05, 0) is 43.3 Å². The quantitative estimate of drug-likeness (QED) is 0.385. The van der Waals surface area contributed by atoms with Gasteiger partial charge in [-0.15, -0.1) is 10.2 Å². The van der Waals surface area contributed by atoms with Gasteiger partial charge in [-0.1, -0.05) is 23.9 Å². The fourth-order valence-electron chi connectivity index (χ4n) is 3.31. The van der Waals surface area contributed by atoms with Gasteiger partial charge in [0.15, 0.2) is 5.16 Å². The first-order chi connectivity index (χ1) is 16.0. The summed E-state index contributed by atoms with van der Waals surface area (Å²) in [6, 6.07) is 14.2. The Morgan fingerprint density at radius 2 is 1.94 bits per heavy atom. The number of amides is 1. The van der Waals surface area contributed by atoms with Crippen LogP contribution in [0.3, 0.4) is 0 Å². The van der Waals surface area contributed by atoms with Crippen molar-refractivity contribution in [2.75, 3.05) is 13.7 Å². The third-order valence-electron chi connectivity index (χ3n) is 5.21. The molecule has 2 aromatic heterocycles. The third-order valence-corrected chi connectivity index (χ3v) is 6.35. The van der Waals surface area contributed by atoms with E-state index >= 15 is 0 Å². The number of carbonyl (C=O) groups is 1. The van der Waals surface area contributed by atoms with Gasteiger partial charge in [0.25, 0.3) is 11.5 Å². The van der Waals surface area contributed by atoms with E-state index in [2.05, 4.69) is 25.5 Å². The fraction of sp³-hybridized carbons (Fsp3) is 0.261. The van der Waals surface area contributed by atoms with E-state index in [1.165, 1.54) is 11.8 Å². The molecule has 0 radical (unpaired) electrons. The van der Waals surface area contributed by atoms with Crippen molar-refractivity contribution in [2.24, 2.45) is 7.05 Å². The minimum atomic E-state index is -0.158. The number of aromatic amines is 1. The number of para-hydroxylation sites is 1. The Morgan fingerprint density at radius 3 is 2.70 bits per heavy atom. The molecule has 0 fully saturated rings. The van der Waals surface area contributed by atoms with Gasteiger partial charge in [0.2, 0.25) is 0 Å². The standard InChI is InChI=1S/C23H24N6O3S/c1-14(20-25-18-7-5-4-6-17(18)22(31)26-20)33-23-28-27-19(29(23)2)12-13-24-21(30)15-8-10-16(32-3)11-9-15/h4-11,14H,12-13H2,1-3H3,(H,24,30)(H,25,26,31)/t14-/m0/s1. The highest BCUT2D eigenvalue weighted by Gasteiger charge is 2.17. The summed E-state index contributed by atoms with van der Waals surface area (Å²) in [4.78, 5) is 32.1. The van der Waals surface area contributed by atoms with Crippen molar-refractivity contribution < 1.29 is 9.53 Å². The van der Waals surface area contributed by atoms with Crippen LogP contribution in [0.2, 0.25) is 0 Å². The van der Waals surface area contributed by atoms with Crippen molar-refractivity contribution >= 4 is 28.6 Å². The lowest BCUT2D eigenvalue weighted by atomic mass is 10.2. The number of methoxy groups -OCH3 is 1. The van der Waals surface area contributed by atoms with E-state index in [4.69, 9.17) is 4.74 Å². The van der Waals surface area contributed by atoms with Gasteiger partial charge in [-0.2, -0.15) is 0 Å². The third kappa shape index (κ3) is 5.06. The van der Waals surface area contributed by atoms with Gasteiger partial charge < -0.3 is 19.6 Å². The molecule has 0 saturated carbocycles. The molecule has 4 rings (SSSR count). The minimum absolute atomic E-state index is 0.132. The minimum Gasteiger partial charge on any atom is -0.497 e. The highest BCUT2D eigenvalue weighted by atomic mass is 32.2. The first-order valence-corrected chi connectivity index (χ1v) is 11.3. The molecular weight excluding hydrogens is 440 g/mol. The summed E-state index contributed by atoms with van der Waals surface area (Å²) in [6.45, 7) is 2.39. The monoisotopic (exact) mass is 464 g/mol. The Labute approximate surface area is 194 Å². The SMILES string of the molecule is COc1ccc(C(=O)NCCc2nnc(S[C@@H](C)c3nc4ccccc4c(=O)[nH]3)n2C)cc1. The normalized spacial score (nSPS) is 12.0. The number of nitrogens with one attached hydrogen (secondary N) is 2. The zero-order valence-corrected chi connectivity index (χ0v) is 19.3. The summed E-state index contributed by atoms with van der Waals surface area (Å²) in [5, 5.41) is 12.6. The molecule has 0 aliphatic heterocycles. The number of hydrogen-bond acceptors (Lipinski definition) is 7. The lowest BCUT2D eigenvalue weighted by Crippen LogP contribution is -2.26. The molecule has 2 aromatic carbocycles. The van der Waals surface area contributed by atoms with Crippen molar-refractivity contribution in [3.8, 4) is 5.75 Å². The van der Waals surface area contributed by atoms with Crippen LogP contribution in [0.5, 0.6) is 5.75 Å². The van der Waals surface area contributed by atoms with Crippen molar-refractivity contribution in [1.29, 1.82) is 0 Å². The summed E-state index contributed by atoms with van der Waals surface area (Å²) in [7, 11) is 3.47. The molecular formula is C23H24N6O3S. The first kappa shape index (κ1) is 22.5. The van der Waals surface area contributed by atoms with Gasteiger partial charge in [-0.3, -0.25) is 9.59 Å². The number of hydrogen-bond donors (Lipinski definition) is 2. The Morgan fingerprint density at radius 1 is 1.18 bits per heavy atom. The Hall–Kier alpha value is -3.66. The van der Waals surface area contributed by atoms with E-state index < -0.39 is 0 Å². The van der Waals surface area contributed by atoms with Crippen LogP contribution in [0, 0.1) is 0 Å². The maximum Gasteiger partial charge on any atom is 0.258 e. The maximum atomic E-state index is 12.4. The molecule has 0 spiro atoms. The van der Waals surface area contributed by atoms with Gasteiger partial charge in [0.05, 0.1) is 23.3 Å². The van der Waals surface area contributed by atoms with Crippen LogP contribution in [-0.4, -0.2) is 44.3 Å². The van der Waals surface area contributed by atoms with Crippen molar-refractivity contribution in [2.45, 2.75) is 23.8 Å². The molecule has 9 nitrogen and oxygen atoms in total. The molecule has 0 aliphatic rings. The van der Waals surface area contributed by atoms with Gasteiger partial charge in [0.1, 0.15) is 17.4 Å². The van der Waals surface area contributed by atoms with Crippen molar-refractivity contribution in [3.63, 3.8) is 0 Å². The van der Waals surface area contributed by atoms with Crippen LogP contribution >= 0.6 is 11.8 Å². The second-order valence-corrected chi connectivity index (χ2v) is 8.73. The fourth-order valence-corrected chi connectivity index (χ4v) is 4.20. The number of nitrogens with zero attached hydrogens (tertiary/aromatic N) is 4. The number of fused-ring (bicyclic) bond motifs is 1. The average Bonchev–Trinajstić information content (AvgIpc) is 3.18. The lowest BCUT2D eigenvalue weighted by Gasteiger charge is -2.11. The summed E-state index contributed by atoms with van der Waals surface area (Å²) >= 11 is 1.46. The van der Waals surface area contributed by atoms with Crippen LogP contribution in [0.25, 0.3) is 10.9 Å². The predicted octanol–water partition coefficient (Wildman–Crippen LogP) is 2.89. The number of thioether (sulfide) groups is 1. The zero-order chi connectivity index (χ0) is 23.4. The maximum absolute atomic E-state index is 12.4. The first-order valence-electron chi connectivity index (χ1n) is 10.4. The largest absolute Gasteiger partial charge is 0.497 e. The number of aromatic nitrogens is 5. The van der Waals surface area contributed by atoms with E-state index in [9.17, 15) is 9.59 Å². The number of carbonyl (C=O) groups excluding carboxylic acids is 1. The molecule has 4 aromatic rings. The molecule has 10 heteroatoms. The van der Waals surface area contributed by atoms with Crippen molar-refractivity contribution in [1.82, 2.24) is 30.0 Å². The Balaban J connectivity index is 1.37. The van der Waals surface area contributed by atoms with Crippen LogP contribution in [0.15, 0.2) is 58.5 Å². The number of benzene rings is 2. The van der Waals surface area contributed by atoms with Gasteiger partial charge in [-0.25, -0.2) is 4.98 Å². The van der Waals surface area contributed by atoms with Crippen molar-refractivity contribution in [3.05, 3.63) is 76.1 Å². The average molecular weight is 465 g/mol. The lowest BCUT2D eigenvalue weighted by molar-refractivity contribution is 0.0954. The second-order valence-electron chi connectivity index (χ2n) is 7.42. The summed E-state index contributed by atoms with van der Waals surface area (Å²) in [5.41, 5.74) is 1.07. The van der Waals surface area contributed by atoms with Gasteiger partial charge in [0, 0.05) is 25.6 Å². The number of ether oxygens (including phenoxy) is 1. The van der Waals surface area contributed by atoms with E-state index in [0.29, 0.717) is 46.2 Å². The molecule has 1 atom stereocenters. The molecule has 2 heterocycles. The highest BCUT2D eigenvalue weighted by Crippen LogP contribution is 2.31. The predicted molar refractivity (Wildman–Crippen MR) is 127 cm³/mol. The second kappa shape index (κ2) is 9.86. The smallest absolute Gasteiger partial charge is 0.258 e. The summed E-state index contributed by atoms with van der Waals surface area (Å²) < 4.78 is 7.00. The molecule has 33 heavy (non-hydrogen) atoms. The van der Waals surface area contributed by atoms with Crippen LogP contribution < -0.4 is 15.6 Å². The van der Waals surface area contributed by atoms with Crippen LogP contribution in [0.4, 0.5) is 0 Å². The molecule has 1 amide bonds.